The molecule has 204 valence electrons. The van der Waals surface area contributed by atoms with Gasteiger partial charge in [-0.05, 0) is 42.5 Å². The van der Waals surface area contributed by atoms with Crippen LogP contribution in [0.3, 0.4) is 0 Å². The third-order valence-electron chi connectivity index (χ3n) is 5.83. The van der Waals surface area contributed by atoms with Gasteiger partial charge in [0.05, 0.1) is 22.0 Å². The third-order valence-corrected chi connectivity index (χ3v) is 6.15. The Balaban J connectivity index is 1.45. The van der Waals surface area contributed by atoms with E-state index in [1.165, 1.54) is 42.5 Å². The quantitative estimate of drug-likeness (QED) is 0.176. The zero-order valence-corrected chi connectivity index (χ0v) is 20.5. The van der Waals surface area contributed by atoms with Crippen LogP contribution >= 0.6 is 11.6 Å². The Morgan fingerprint density at radius 3 is 2.23 bits per heavy atom. The average Bonchev–Trinajstić information content (AvgIpc) is 3.34. The van der Waals surface area contributed by atoms with Gasteiger partial charge in [-0.2, -0.15) is 31.4 Å². The zero-order valence-electron chi connectivity index (χ0n) is 19.8. The van der Waals surface area contributed by atoms with Crippen molar-refractivity contribution in [3.05, 3.63) is 111 Å². The largest absolute Gasteiger partial charge is 0.435 e. The predicted molar refractivity (Wildman–Crippen MR) is 134 cm³/mol. The molecular formula is C27H14ClF6N3O3. The summed E-state index contributed by atoms with van der Waals surface area (Å²) in [4.78, 5) is 24.4. The van der Waals surface area contributed by atoms with Gasteiger partial charge in [0.15, 0.2) is 5.69 Å². The molecule has 0 unspecified atom stereocenters. The lowest BCUT2D eigenvalue weighted by atomic mass is 10.1. The zero-order chi connectivity index (χ0) is 28.8. The molecule has 0 bridgehead atoms. The van der Waals surface area contributed by atoms with Crippen LogP contribution in [-0.4, -0.2) is 15.7 Å². The first-order chi connectivity index (χ1) is 18.8. The molecule has 0 aliphatic rings. The molecule has 3 aromatic carbocycles. The maximum absolute atomic E-state index is 13.4. The van der Waals surface area contributed by atoms with Crippen molar-refractivity contribution in [3.63, 3.8) is 0 Å². The Bertz CT molecular complexity index is 1810. The summed E-state index contributed by atoms with van der Waals surface area (Å²) < 4.78 is 86.1. The first kappa shape index (κ1) is 27.0. The second-order valence-corrected chi connectivity index (χ2v) is 8.90. The van der Waals surface area contributed by atoms with Crippen molar-refractivity contribution < 1.29 is 35.6 Å². The van der Waals surface area contributed by atoms with Gasteiger partial charge in [0.25, 0.3) is 5.91 Å². The molecule has 5 rings (SSSR count). The number of anilines is 1. The van der Waals surface area contributed by atoms with Gasteiger partial charge in [0.2, 0.25) is 0 Å². The Morgan fingerprint density at radius 2 is 1.57 bits per heavy atom. The number of hydrogen-bond acceptors (Lipinski definition) is 4. The highest BCUT2D eigenvalue weighted by atomic mass is 35.5. The summed E-state index contributed by atoms with van der Waals surface area (Å²) in [5, 5.41) is 5.98. The fourth-order valence-electron chi connectivity index (χ4n) is 4.00. The summed E-state index contributed by atoms with van der Waals surface area (Å²) in [7, 11) is 0. The number of fused-ring (bicyclic) bond motifs is 1. The van der Waals surface area contributed by atoms with Crippen molar-refractivity contribution in [3.8, 4) is 16.9 Å². The fourth-order valence-corrected chi connectivity index (χ4v) is 4.22. The van der Waals surface area contributed by atoms with Crippen LogP contribution in [0.1, 0.15) is 21.6 Å². The number of carbonyl (C=O) groups is 1. The van der Waals surface area contributed by atoms with Gasteiger partial charge >= 0.3 is 18.0 Å². The normalized spacial score (nSPS) is 12.1. The number of aromatic nitrogens is 2. The van der Waals surface area contributed by atoms with E-state index in [0.29, 0.717) is 11.6 Å². The molecule has 2 aromatic heterocycles. The standard InChI is InChI=1S/C27H14ClF6N3O3/c28-19-3-1-2-4-20(19)37-21(13-23(36-37)27(32,33)34)14-5-7-15(8-6-14)25(39)35-16-9-10-17-18(26(29,30)31)12-24(38)40-22(17)11-16/h1-13H,(H,35,39). The predicted octanol–water partition coefficient (Wildman–Crippen LogP) is 7.59. The molecule has 0 aliphatic heterocycles. The molecule has 1 N–H and O–H groups in total. The number of amides is 1. The van der Waals surface area contributed by atoms with Crippen molar-refractivity contribution in [2.45, 2.75) is 12.4 Å². The van der Waals surface area contributed by atoms with Crippen LogP contribution in [0.2, 0.25) is 5.02 Å². The van der Waals surface area contributed by atoms with Gasteiger partial charge in [-0.1, -0.05) is 35.9 Å². The highest BCUT2D eigenvalue weighted by Crippen LogP contribution is 2.36. The van der Waals surface area contributed by atoms with Crippen LogP contribution in [0, 0.1) is 0 Å². The summed E-state index contributed by atoms with van der Waals surface area (Å²) >= 11 is 6.19. The monoisotopic (exact) mass is 577 g/mol. The summed E-state index contributed by atoms with van der Waals surface area (Å²) in [6.07, 6.45) is -9.51. The lowest BCUT2D eigenvalue weighted by Gasteiger charge is -2.11. The van der Waals surface area contributed by atoms with Crippen molar-refractivity contribution in [2.75, 3.05) is 5.32 Å². The Hall–Kier alpha value is -4.58. The van der Waals surface area contributed by atoms with Crippen molar-refractivity contribution in [1.82, 2.24) is 9.78 Å². The van der Waals surface area contributed by atoms with Crippen LogP contribution in [0.4, 0.5) is 32.0 Å². The molecule has 40 heavy (non-hydrogen) atoms. The van der Waals surface area contributed by atoms with E-state index in [0.717, 1.165) is 22.9 Å². The summed E-state index contributed by atoms with van der Waals surface area (Å²) in [5.41, 5.74) is -3.16. The SMILES string of the molecule is O=C(Nc1ccc2c(C(F)(F)F)cc(=O)oc2c1)c1ccc(-c2cc(C(F)(F)F)nn2-c2ccccc2Cl)cc1. The van der Waals surface area contributed by atoms with Crippen molar-refractivity contribution in [2.24, 2.45) is 0 Å². The molecule has 0 aliphatic carbocycles. The van der Waals surface area contributed by atoms with Gasteiger partial charge in [0.1, 0.15) is 5.58 Å². The van der Waals surface area contributed by atoms with E-state index in [2.05, 4.69) is 10.4 Å². The number of halogens is 7. The minimum Gasteiger partial charge on any atom is -0.423 e. The van der Waals surface area contributed by atoms with Gasteiger partial charge < -0.3 is 9.73 Å². The number of nitrogens with zero attached hydrogens (tertiary/aromatic N) is 2. The van der Waals surface area contributed by atoms with E-state index in [-0.39, 0.29) is 38.6 Å². The van der Waals surface area contributed by atoms with Crippen molar-refractivity contribution >= 4 is 34.2 Å². The number of alkyl halides is 6. The molecule has 1 amide bonds. The summed E-state index contributed by atoms with van der Waals surface area (Å²) in [6, 6.07) is 16.3. The van der Waals surface area contributed by atoms with Gasteiger partial charge in [-0.15, -0.1) is 0 Å². The van der Waals surface area contributed by atoms with Crippen LogP contribution < -0.4 is 10.9 Å². The van der Waals surface area contributed by atoms with E-state index in [4.69, 9.17) is 16.0 Å². The molecule has 2 heterocycles. The molecular weight excluding hydrogens is 564 g/mol. The first-order valence-corrected chi connectivity index (χ1v) is 11.7. The molecule has 0 atom stereocenters. The minimum atomic E-state index is -4.79. The Morgan fingerprint density at radius 1 is 0.875 bits per heavy atom. The van der Waals surface area contributed by atoms with Crippen LogP contribution in [0.25, 0.3) is 27.9 Å². The molecule has 6 nitrogen and oxygen atoms in total. The molecule has 5 aromatic rings. The first-order valence-electron chi connectivity index (χ1n) is 11.3. The van der Waals surface area contributed by atoms with E-state index >= 15 is 0 Å². The molecule has 0 spiro atoms. The van der Waals surface area contributed by atoms with Crippen molar-refractivity contribution in [1.29, 1.82) is 0 Å². The van der Waals surface area contributed by atoms with E-state index in [9.17, 15) is 35.9 Å². The minimum absolute atomic E-state index is 0.0515. The molecule has 13 heteroatoms. The highest BCUT2D eigenvalue weighted by molar-refractivity contribution is 6.32. The molecule has 0 saturated carbocycles. The maximum Gasteiger partial charge on any atom is 0.435 e. The third kappa shape index (κ3) is 5.30. The van der Waals surface area contributed by atoms with Crippen LogP contribution in [0.5, 0.6) is 0 Å². The van der Waals surface area contributed by atoms with Crippen LogP contribution in [0.15, 0.2) is 88.1 Å². The summed E-state index contributed by atoms with van der Waals surface area (Å²) in [6.45, 7) is 0. The number of hydrogen-bond donors (Lipinski definition) is 1. The average molecular weight is 578 g/mol. The second kappa shape index (κ2) is 9.87. The number of carbonyl (C=O) groups excluding carboxylic acids is 1. The maximum atomic E-state index is 13.4. The Kier molecular flexibility index (Phi) is 6.66. The number of rotatable bonds is 4. The van der Waals surface area contributed by atoms with Crippen LogP contribution in [-0.2, 0) is 12.4 Å². The van der Waals surface area contributed by atoms with E-state index in [1.807, 2.05) is 0 Å². The fraction of sp³-hybridized carbons (Fsp3) is 0.0741. The molecule has 0 radical (unpaired) electrons. The number of benzene rings is 3. The van der Waals surface area contributed by atoms with E-state index < -0.39 is 35.1 Å². The van der Waals surface area contributed by atoms with Gasteiger partial charge in [-0.25, -0.2) is 9.48 Å². The summed E-state index contributed by atoms with van der Waals surface area (Å²) in [5.74, 6) is -0.671. The lowest BCUT2D eigenvalue weighted by molar-refractivity contribution is -0.141. The second-order valence-electron chi connectivity index (χ2n) is 8.50. The topological polar surface area (TPSA) is 77.1 Å². The lowest BCUT2D eigenvalue weighted by Crippen LogP contribution is -2.13. The molecule has 0 fully saturated rings. The molecule has 0 saturated heterocycles. The van der Waals surface area contributed by atoms with Gasteiger partial charge in [0, 0.05) is 34.3 Å². The number of para-hydroxylation sites is 1. The smallest absolute Gasteiger partial charge is 0.423 e. The highest BCUT2D eigenvalue weighted by Gasteiger charge is 2.36. The van der Waals surface area contributed by atoms with Gasteiger partial charge in [-0.3, -0.25) is 4.79 Å². The number of nitrogens with one attached hydrogen (secondary N) is 1. The van der Waals surface area contributed by atoms with E-state index in [1.54, 1.807) is 12.1 Å². The Labute approximate surface area is 225 Å².